The topological polar surface area (TPSA) is 61.6 Å². The van der Waals surface area contributed by atoms with E-state index >= 15 is 0 Å². The highest BCUT2D eigenvalue weighted by Gasteiger charge is 2.03. The molecule has 0 saturated carbocycles. The van der Waals surface area contributed by atoms with Gasteiger partial charge in [0.2, 0.25) is 5.28 Å². The summed E-state index contributed by atoms with van der Waals surface area (Å²) in [6.07, 6.45) is 0. The van der Waals surface area contributed by atoms with Crippen molar-refractivity contribution >= 4 is 34.7 Å². The number of aromatic nitrogens is 2. The van der Waals surface area contributed by atoms with E-state index in [4.69, 9.17) is 28.5 Å². The van der Waals surface area contributed by atoms with Crippen molar-refractivity contribution < 1.29 is 0 Å². The Morgan fingerprint density at radius 1 is 1.18 bits per heavy atom. The van der Waals surface area contributed by atoms with E-state index in [1.807, 2.05) is 12.1 Å². The number of benzene rings is 1. The highest BCUT2D eigenvalue weighted by atomic mass is 35.5. The Morgan fingerprint density at radius 3 is 2.71 bits per heavy atom. The van der Waals surface area contributed by atoms with E-state index in [1.54, 1.807) is 18.2 Å². The molecular weight excluding hydrogens is 259 g/mol. The van der Waals surface area contributed by atoms with Gasteiger partial charge in [-0.25, -0.2) is 9.97 Å². The van der Waals surface area contributed by atoms with Gasteiger partial charge in [0.05, 0.1) is 0 Å². The van der Waals surface area contributed by atoms with Gasteiger partial charge in [-0.3, -0.25) is 0 Å². The van der Waals surface area contributed by atoms with Gasteiger partial charge in [-0.15, -0.1) is 0 Å². The van der Waals surface area contributed by atoms with E-state index in [2.05, 4.69) is 15.3 Å². The van der Waals surface area contributed by atoms with Crippen LogP contribution in [0.15, 0.2) is 30.3 Å². The van der Waals surface area contributed by atoms with Gasteiger partial charge in [0.15, 0.2) is 0 Å². The molecule has 1 heterocycles. The Kier molecular flexibility index (Phi) is 3.43. The molecule has 0 atom stereocenters. The van der Waals surface area contributed by atoms with Gasteiger partial charge in [-0.2, -0.15) is 5.26 Å². The number of nitrogens with one attached hydrogen (secondary N) is 1. The Balaban J connectivity index is 2.30. The molecule has 17 heavy (non-hydrogen) atoms. The van der Waals surface area contributed by atoms with Crippen LogP contribution >= 0.6 is 23.2 Å². The maximum absolute atomic E-state index is 8.75. The van der Waals surface area contributed by atoms with Crippen LogP contribution in [0, 0.1) is 11.3 Å². The second-order valence-electron chi connectivity index (χ2n) is 3.15. The molecule has 0 fully saturated rings. The fourth-order valence-electron chi connectivity index (χ4n) is 1.25. The van der Waals surface area contributed by atoms with Gasteiger partial charge < -0.3 is 5.32 Å². The molecule has 0 unspecified atom stereocenters. The van der Waals surface area contributed by atoms with Crippen LogP contribution in [0.4, 0.5) is 11.5 Å². The van der Waals surface area contributed by atoms with Crippen LogP contribution in [-0.2, 0) is 0 Å². The summed E-state index contributed by atoms with van der Waals surface area (Å²) in [4.78, 5) is 7.69. The minimum Gasteiger partial charge on any atom is -0.340 e. The molecule has 1 N–H and O–H groups in total. The lowest BCUT2D eigenvalue weighted by atomic mass is 10.3. The molecule has 0 aliphatic rings. The van der Waals surface area contributed by atoms with Gasteiger partial charge in [0, 0.05) is 16.8 Å². The molecule has 2 aromatic rings. The number of halogens is 2. The van der Waals surface area contributed by atoms with E-state index in [0.717, 1.165) is 5.69 Å². The second-order valence-corrected chi connectivity index (χ2v) is 3.93. The van der Waals surface area contributed by atoms with Gasteiger partial charge in [-0.05, 0) is 29.8 Å². The predicted molar refractivity (Wildman–Crippen MR) is 66.5 cm³/mol. The van der Waals surface area contributed by atoms with Crippen molar-refractivity contribution in [1.29, 1.82) is 5.26 Å². The molecule has 0 saturated heterocycles. The average Bonchev–Trinajstić information content (AvgIpc) is 2.28. The number of nitriles is 1. The Bertz CT molecular complexity index is 592. The third kappa shape index (κ3) is 3.06. The SMILES string of the molecule is N#Cc1cc(Nc2cccc(Cl)c2)nc(Cl)n1. The van der Waals surface area contributed by atoms with E-state index in [-0.39, 0.29) is 11.0 Å². The first kappa shape index (κ1) is 11.6. The van der Waals surface area contributed by atoms with Crippen LogP contribution in [0.1, 0.15) is 5.69 Å². The zero-order valence-corrected chi connectivity index (χ0v) is 10.00. The molecule has 4 nitrogen and oxygen atoms in total. The molecule has 2 rings (SSSR count). The molecule has 84 valence electrons. The molecule has 0 aliphatic heterocycles. The Labute approximate surface area is 108 Å². The predicted octanol–water partition coefficient (Wildman–Crippen LogP) is 3.40. The first-order chi connectivity index (χ1) is 8.17. The van der Waals surface area contributed by atoms with Gasteiger partial charge in [0.1, 0.15) is 17.6 Å². The van der Waals surface area contributed by atoms with Crippen LogP contribution in [-0.4, -0.2) is 9.97 Å². The number of hydrogen-bond donors (Lipinski definition) is 1. The highest BCUT2D eigenvalue weighted by molar-refractivity contribution is 6.30. The van der Waals surface area contributed by atoms with Crippen molar-refractivity contribution in [3.05, 3.63) is 46.3 Å². The number of rotatable bonds is 2. The molecule has 0 aliphatic carbocycles. The fraction of sp³-hybridized carbons (Fsp3) is 0. The highest BCUT2D eigenvalue weighted by Crippen LogP contribution is 2.19. The van der Waals surface area contributed by atoms with Crippen molar-refractivity contribution in [3.8, 4) is 6.07 Å². The molecule has 6 heteroatoms. The lowest BCUT2D eigenvalue weighted by Crippen LogP contribution is -1.97. The van der Waals surface area contributed by atoms with E-state index in [1.165, 1.54) is 6.07 Å². The summed E-state index contributed by atoms with van der Waals surface area (Å²) in [6, 6.07) is 10.5. The van der Waals surface area contributed by atoms with Crippen molar-refractivity contribution in [3.63, 3.8) is 0 Å². The van der Waals surface area contributed by atoms with E-state index in [0.29, 0.717) is 10.8 Å². The fourth-order valence-corrected chi connectivity index (χ4v) is 1.63. The summed E-state index contributed by atoms with van der Waals surface area (Å²) < 4.78 is 0. The standard InChI is InChI=1S/C11H6Cl2N4/c12-7-2-1-3-8(4-7)15-10-5-9(6-14)16-11(13)17-10/h1-5H,(H,15,16,17). The molecule has 0 radical (unpaired) electrons. The summed E-state index contributed by atoms with van der Waals surface area (Å²) in [7, 11) is 0. The number of nitrogens with zero attached hydrogens (tertiary/aromatic N) is 3. The van der Waals surface area contributed by atoms with Crippen LogP contribution < -0.4 is 5.32 Å². The van der Waals surface area contributed by atoms with Crippen LogP contribution in [0.25, 0.3) is 0 Å². The summed E-state index contributed by atoms with van der Waals surface area (Å²) >= 11 is 11.5. The van der Waals surface area contributed by atoms with Crippen molar-refractivity contribution in [2.45, 2.75) is 0 Å². The minimum atomic E-state index is 0.0218. The summed E-state index contributed by atoms with van der Waals surface area (Å²) in [5.41, 5.74) is 0.964. The largest absolute Gasteiger partial charge is 0.340 e. The van der Waals surface area contributed by atoms with Gasteiger partial charge in [0.25, 0.3) is 0 Å². The van der Waals surface area contributed by atoms with Crippen LogP contribution in [0.5, 0.6) is 0 Å². The zero-order chi connectivity index (χ0) is 12.3. The third-order valence-corrected chi connectivity index (χ3v) is 2.31. The molecule has 0 spiro atoms. The summed E-state index contributed by atoms with van der Waals surface area (Å²) in [6.45, 7) is 0. The zero-order valence-electron chi connectivity index (χ0n) is 8.48. The van der Waals surface area contributed by atoms with E-state index < -0.39 is 0 Å². The molecule has 0 amide bonds. The van der Waals surface area contributed by atoms with Gasteiger partial charge in [-0.1, -0.05) is 17.7 Å². The third-order valence-electron chi connectivity index (χ3n) is 1.91. The van der Waals surface area contributed by atoms with Gasteiger partial charge >= 0.3 is 0 Å². The molecule has 0 bridgehead atoms. The lowest BCUT2D eigenvalue weighted by Gasteiger charge is -2.05. The smallest absolute Gasteiger partial charge is 0.225 e. The number of anilines is 2. The first-order valence-electron chi connectivity index (χ1n) is 4.64. The average molecular weight is 265 g/mol. The van der Waals surface area contributed by atoms with Crippen LogP contribution in [0.2, 0.25) is 10.3 Å². The number of hydrogen-bond acceptors (Lipinski definition) is 4. The van der Waals surface area contributed by atoms with Crippen molar-refractivity contribution in [2.24, 2.45) is 0 Å². The summed E-state index contributed by atoms with van der Waals surface area (Å²) in [5, 5.41) is 12.4. The van der Waals surface area contributed by atoms with Crippen molar-refractivity contribution in [2.75, 3.05) is 5.32 Å². The van der Waals surface area contributed by atoms with Crippen LogP contribution in [0.3, 0.4) is 0 Å². The Morgan fingerprint density at radius 2 is 2.00 bits per heavy atom. The quantitative estimate of drug-likeness (QED) is 0.845. The first-order valence-corrected chi connectivity index (χ1v) is 5.40. The van der Waals surface area contributed by atoms with Crippen molar-refractivity contribution in [1.82, 2.24) is 9.97 Å². The maximum atomic E-state index is 8.75. The molecular formula is C11H6Cl2N4. The Hall–Kier alpha value is -1.83. The monoisotopic (exact) mass is 264 g/mol. The normalized spacial score (nSPS) is 9.71. The van der Waals surface area contributed by atoms with E-state index in [9.17, 15) is 0 Å². The molecule has 1 aromatic carbocycles. The molecule has 1 aromatic heterocycles. The second kappa shape index (κ2) is 5.00. The lowest BCUT2D eigenvalue weighted by molar-refractivity contribution is 1.14. The maximum Gasteiger partial charge on any atom is 0.225 e. The summed E-state index contributed by atoms with van der Waals surface area (Å²) in [5.74, 6) is 0.448. The minimum absolute atomic E-state index is 0.0218.